The van der Waals surface area contributed by atoms with Crippen LogP contribution in [-0.4, -0.2) is 19.1 Å². The van der Waals surface area contributed by atoms with Crippen molar-refractivity contribution >= 4 is 27.5 Å². The number of aryl methyl sites for hydroxylation is 1. The lowest BCUT2D eigenvalue weighted by atomic mass is 10.2. The van der Waals surface area contributed by atoms with Crippen molar-refractivity contribution in [1.29, 1.82) is 0 Å². The van der Waals surface area contributed by atoms with Crippen molar-refractivity contribution in [1.82, 2.24) is 0 Å². The molecule has 1 atom stereocenters. The molecule has 1 N–H and O–H groups in total. The van der Waals surface area contributed by atoms with Crippen LogP contribution in [0.25, 0.3) is 0 Å². The summed E-state index contributed by atoms with van der Waals surface area (Å²) in [7, 11) is 1.51. The number of amides is 1. The highest BCUT2D eigenvalue weighted by Crippen LogP contribution is 2.23. The number of anilines is 1. The fourth-order valence-electron chi connectivity index (χ4n) is 1.06. The topological polar surface area (TPSA) is 38.3 Å². The van der Waals surface area contributed by atoms with Gasteiger partial charge in [0.2, 0.25) is 0 Å². The first-order chi connectivity index (χ1) is 7.04. The van der Waals surface area contributed by atoms with Gasteiger partial charge in [0.05, 0.1) is 5.69 Å². The number of nitrogens with one attached hydrogen (secondary N) is 1. The number of carbonyl (C=O) groups excluding carboxylic acids is 1. The van der Waals surface area contributed by atoms with Gasteiger partial charge in [0.15, 0.2) is 0 Å². The van der Waals surface area contributed by atoms with Gasteiger partial charge >= 0.3 is 0 Å². The van der Waals surface area contributed by atoms with Gasteiger partial charge < -0.3 is 10.1 Å². The van der Waals surface area contributed by atoms with Crippen molar-refractivity contribution in [3.8, 4) is 0 Å². The zero-order valence-corrected chi connectivity index (χ0v) is 10.6. The Balaban J connectivity index is 2.77. The summed E-state index contributed by atoms with van der Waals surface area (Å²) in [5.74, 6) is -0.151. The van der Waals surface area contributed by atoms with Crippen LogP contribution in [0.4, 0.5) is 5.69 Å². The molecule has 1 rings (SSSR count). The first-order valence-electron chi connectivity index (χ1n) is 4.64. The maximum Gasteiger partial charge on any atom is 0.253 e. The maximum atomic E-state index is 11.5. The van der Waals surface area contributed by atoms with Crippen LogP contribution in [0.15, 0.2) is 22.7 Å². The van der Waals surface area contributed by atoms with Gasteiger partial charge in [0.25, 0.3) is 5.91 Å². The minimum atomic E-state index is -0.446. The third kappa shape index (κ3) is 3.32. The molecule has 0 bridgehead atoms. The zero-order valence-electron chi connectivity index (χ0n) is 9.00. The molecule has 1 aromatic rings. The number of halogens is 1. The van der Waals surface area contributed by atoms with E-state index in [1.165, 1.54) is 7.11 Å². The summed E-state index contributed by atoms with van der Waals surface area (Å²) in [5.41, 5.74) is 1.90. The molecule has 4 heteroatoms. The number of carbonyl (C=O) groups is 1. The van der Waals surface area contributed by atoms with E-state index < -0.39 is 6.10 Å². The lowest BCUT2D eigenvalue weighted by Gasteiger charge is -2.11. The van der Waals surface area contributed by atoms with E-state index in [1.807, 2.05) is 25.1 Å². The molecular weight excluding hydrogens is 258 g/mol. The second-order valence-corrected chi connectivity index (χ2v) is 4.20. The van der Waals surface area contributed by atoms with Gasteiger partial charge in [0.1, 0.15) is 6.10 Å². The van der Waals surface area contributed by atoms with Gasteiger partial charge in [-0.05, 0) is 47.5 Å². The van der Waals surface area contributed by atoms with Crippen molar-refractivity contribution in [2.45, 2.75) is 20.0 Å². The van der Waals surface area contributed by atoms with Gasteiger partial charge in [-0.3, -0.25) is 4.79 Å². The molecule has 0 spiro atoms. The molecule has 0 aliphatic carbocycles. The van der Waals surface area contributed by atoms with E-state index in [1.54, 1.807) is 6.92 Å². The van der Waals surface area contributed by atoms with Crippen LogP contribution in [0.1, 0.15) is 12.5 Å². The van der Waals surface area contributed by atoms with Crippen LogP contribution in [0, 0.1) is 6.92 Å². The maximum absolute atomic E-state index is 11.5. The monoisotopic (exact) mass is 271 g/mol. The number of methoxy groups -OCH3 is 1. The second-order valence-electron chi connectivity index (χ2n) is 3.35. The van der Waals surface area contributed by atoms with Crippen molar-refractivity contribution in [3.05, 3.63) is 28.2 Å². The quantitative estimate of drug-likeness (QED) is 0.918. The highest BCUT2D eigenvalue weighted by molar-refractivity contribution is 9.10. The van der Waals surface area contributed by atoms with Crippen LogP contribution in [0.5, 0.6) is 0 Å². The fraction of sp³-hybridized carbons (Fsp3) is 0.364. The lowest BCUT2D eigenvalue weighted by Crippen LogP contribution is -2.26. The predicted molar refractivity (Wildman–Crippen MR) is 64.0 cm³/mol. The molecule has 0 aromatic heterocycles. The summed E-state index contributed by atoms with van der Waals surface area (Å²) in [6.45, 7) is 3.70. The van der Waals surface area contributed by atoms with E-state index in [0.717, 1.165) is 15.7 Å². The fourth-order valence-corrected chi connectivity index (χ4v) is 1.66. The minimum absolute atomic E-state index is 0.151. The molecule has 3 nitrogen and oxygen atoms in total. The molecule has 82 valence electrons. The smallest absolute Gasteiger partial charge is 0.253 e. The Morgan fingerprint density at radius 2 is 2.20 bits per heavy atom. The molecule has 0 saturated carbocycles. The molecule has 1 amide bonds. The highest BCUT2D eigenvalue weighted by Gasteiger charge is 2.12. The Labute approximate surface area is 97.9 Å². The average Bonchev–Trinajstić information content (AvgIpc) is 2.20. The van der Waals surface area contributed by atoms with E-state index in [4.69, 9.17) is 4.74 Å². The van der Waals surface area contributed by atoms with Gasteiger partial charge in [-0.15, -0.1) is 0 Å². The van der Waals surface area contributed by atoms with E-state index in [9.17, 15) is 4.79 Å². The number of benzene rings is 1. The molecular formula is C11H14BrNO2. The van der Waals surface area contributed by atoms with Gasteiger partial charge in [0, 0.05) is 11.6 Å². The number of ether oxygens (including phenoxy) is 1. The first kappa shape index (κ1) is 12.2. The summed E-state index contributed by atoms with van der Waals surface area (Å²) in [6, 6.07) is 5.75. The summed E-state index contributed by atoms with van der Waals surface area (Å²) < 4.78 is 5.79. The first-order valence-corrected chi connectivity index (χ1v) is 5.43. The Kier molecular flexibility index (Phi) is 4.29. The molecule has 0 fully saturated rings. The van der Waals surface area contributed by atoms with Crippen molar-refractivity contribution in [2.75, 3.05) is 12.4 Å². The standard InChI is InChI=1S/C11H14BrNO2/c1-7-4-5-10(9(12)6-7)13-11(14)8(2)15-3/h4-6,8H,1-3H3,(H,13,14). The third-order valence-corrected chi connectivity index (χ3v) is 2.76. The Bertz CT molecular complexity index is 366. The Hall–Kier alpha value is -0.870. The summed E-state index contributed by atoms with van der Waals surface area (Å²) in [6.07, 6.45) is -0.446. The van der Waals surface area contributed by atoms with Crippen LogP contribution < -0.4 is 5.32 Å². The van der Waals surface area contributed by atoms with E-state index in [-0.39, 0.29) is 5.91 Å². The SMILES string of the molecule is COC(C)C(=O)Nc1ccc(C)cc1Br. The highest BCUT2D eigenvalue weighted by atomic mass is 79.9. The van der Waals surface area contributed by atoms with Gasteiger partial charge in [-0.1, -0.05) is 6.07 Å². The predicted octanol–water partition coefficient (Wildman–Crippen LogP) is 2.73. The van der Waals surface area contributed by atoms with Crippen molar-refractivity contribution in [3.63, 3.8) is 0 Å². The zero-order chi connectivity index (χ0) is 11.4. The Morgan fingerprint density at radius 3 is 2.73 bits per heavy atom. The molecule has 0 aliphatic rings. The van der Waals surface area contributed by atoms with Crippen molar-refractivity contribution in [2.24, 2.45) is 0 Å². The average molecular weight is 272 g/mol. The number of rotatable bonds is 3. The summed E-state index contributed by atoms with van der Waals surface area (Å²) in [5, 5.41) is 2.78. The molecule has 0 saturated heterocycles. The van der Waals surface area contributed by atoms with Crippen LogP contribution in [0.3, 0.4) is 0 Å². The Morgan fingerprint density at radius 1 is 1.53 bits per heavy atom. The van der Waals surface area contributed by atoms with Gasteiger partial charge in [-0.25, -0.2) is 0 Å². The number of hydrogen-bond acceptors (Lipinski definition) is 2. The second kappa shape index (κ2) is 5.28. The van der Waals surface area contributed by atoms with E-state index in [0.29, 0.717) is 0 Å². The summed E-state index contributed by atoms with van der Waals surface area (Å²) >= 11 is 3.39. The molecule has 15 heavy (non-hydrogen) atoms. The number of hydrogen-bond donors (Lipinski definition) is 1. The van der Waals surface area contributed by atoms with Crippen molar-refractivity contribution < 1.29 is 9.53 Å². The van der Waals surface area contributed by atoms with E-state index in [2.05, 4.69) is 21.2 Å². The molecule has 0 radical (unpaired) electrons. The molecule has 0 heterocycles. The normalized spacial score (nSPS) is 12.3. The minimum Gasteiger partial charge on any atom is -0.372 e. The van der Waals surface area contributed by atoms with Crippen LogP contribution >= 0.6 is 15.9 Å². The largest absolute Gasteiger partial charge is 0.372 e. The molecule has 0 aliphatic heterocycles. The molecule has 1 unspecified atom stereocenters. The van der Waals surface area contributed by atoms with E-state index >= 15 is 0 Å². The lowest BCUT2D eigenvalue weighted by molar-refractivity contribution is -0.124. The van der Waals surface area contributed by atoms with Crippen LogP contribution in [-0.2, 0) is 9.53 Å². The van der Waals surface area contributed by atoms with Crippen LogP contribution in [0.2, 0.25) is 0 Å². The molecule has 1 aromatic carbocycles. The third-order valence-electron chi connectivity index (χ3n) is 2.11. The summed E-state index contributed by atoms with van der Waals surface area (Å²) in [4.78, 5) is 11.5. The van der Waals surface area contributed by atoms with Gasteiger partial charge in [-0.2, -0.15) is 0 Å².